The van der Waals surface area contributed by atoms with Crippen LogP contribution in [0.5, 0.6) is 5.75 Å². The zero-order valence-corrected chi connectivity index (χ0v) is 12.0. The molecule has 1 aromatic rings. The van der Waals surface area contributed by atoms with Crippen molar-refractivity contribution >= 4 is 5.97 Å². The molecular formula is C16H22O5. The fourth-order valence-electron chi connectivity index (χ4n) is 2.65. The highest BCUT2D eigenvalue weighted by atomic mass is 16.5. The summed E-state index contributed by atoms with van der Waals surface area (Å²) in [6, 6.07) is 7.41. The molecule has 1 fully saturated rings. The van der Waals surface area contributed by atoms with E-state index in [0.29, 0.717) is 37.9 Å². The van der Waals surface area contributed by atoms with Gasteiger partial charge in [-0.2, -0.15) is 0 Å². The molecule has 1 saturated carbocycles. The first-order chi connectivity index (χ1) is 10.0. The maximum absolute atomic E-state index is 10.9. The lowest BCUT2D eigenvalue weighted by atomic mass is 9.79. The second kappa shape index (κ2) is 6.91. The molecule has 0 unspecified atom stereocenters. The third-order valence-electron chi connectivity index (χ3n) is 4.10. The molecular weight excluding hydrogens is 272 g/mol. The molecule has 0 radical (unpaired) electrons. The van der Waals surface area contributed by atoms with Crippen LogP contribution in [0.3, 0.4) is 0 Å². The molecule has 1 aliphatic carbocycles. The Morgan fingerprint density at radius 1 is 1.24 bits per heavy atom. The van der Waals surface area contributed by atoms with Gasteiger partial charge < -0.3 is 20.1 Å². The number of aliphatic hydroxyl groups excluding tert-OH is 1. The van der Waals surface area contributed by atoms with Crippen LogP contribution in [0.2, 0.25) is 0 Å². The predicted molar refractivity (Wildman–Crippen MR) is 77.3 cm³/mol. The first kappa shape index (κ1) is 15.8. The first-order valence-corrected chi connectivity index (χ1v) is 7.30. The Balaban J connectivity index is 1.83. The monoisotopic (exact) mass is 294 g/mol. The molecule has 0 aliphatic heterocycles. The maximum Gasteiger partial charge on any atom is 0.306 e. The van der Waals surface area contributed by atoms with Crippen LogP contribution in [0.4, 0.5) is 0 Å². The lowest BCUT2D eigenvalue weighted by molar-refractivity contribution is -0.145. The minimum absolute atomic E-state index is 0.116. The minimum atomic E-state index is -0.935. The van der Waals surface area contributed by atoms with E-state index in [-0.39, 0.29) is 19.1 Å². The molecule has 116 valence electrons. The normalized spacial score (nSPS) is 25.5. The standard InChI is InChI=1S/C16H22O5/c17-10-7-12-1-3-14(4-2-12)21-11-16(20)8-5-13(6-9-16)15(18)19/h1-4,13,17,20H,5-11H2,(H,18,19). The average molecular weight is 294 g/mol. The van der Waals surface area contributed by atoms with Crippen LogP contribution >= 0.6 is 0 Å². The summed E-state index contributed by atoms with van der Waals surface area (Å²) in [5.74, 6) is -0.453. The second-order valence-electron chi connectivity index (χ2n) is 5.74. The number of carboxylic acid groups (broad SMARTS) is 1. The molecule has 0 atom stereocenters. The summed E-state index contributed by atoms with van der Waals surface area (Å²) in [7, 11) is 0. The van der Waals surface area contributed by atoms with Crippen molar-refractivity contribution in [2.75, 3.05) is 13.2 Å². The lowest BCUT2D eigenvalue weighted by Gasteiger charge is -2.34. The van der Waals surface area contributed by atoms with Gasteiger partial charge in [-0.3, -0.25) is 4.79 Å². The van der Waals surface area contributed by atoms with Crippen LogP contribution in [-0.2, 0) is 11.2 Å². The van der Waals surface area contributed by atoms with E-state index in [1.165, 1.54) is 0 Å². The van der Waals surface area contributed by atoms with Gasteiger partial charge >= 0.3 is 5.97 Å². The molecule has 0 aromatic heterocycles. The van der Waals surface area contributed by atoms with E-state index in [1.807, 2.05) is 24.3 Å². The van der Waals surface area contributed by atoms with Crippen molar-refractivity contribution < 1.29 is 24.9 Å². The predicted octanol–water partition coefficient (Wildman–Crippen LogP) is 1.61. The van der Waals surface area contributed by atoms with Crippen molar-refractivity contribution in [3.63, 3.8) is 0 Å². The molecule has 0 heterocycles. The molecule has 21 heavy (non-hydrogen) atoms. The topological polar surface area (TPSA) is 87.0 Å². The average Bonchev–Trinajstić information content (AvgIpc) is 2.47. The highest BCUT2D eigenvalue weighted by Crippen LogP contribution is 2.32. The molecule has 0 saturated heterocycles. The molecule has 1 aromatic carbocycles. The third-order valence-corrected chi connectivity index (χ3v) is 4.10. The summed E-state index contributed by atoms with van der Waals surface area (Å²) < 4.78 is 5.62. The summed E-state index contributed by atoms with van der Waals surface area (Å²) in [5, 5.41) is 28.2. The second-order valence-corrected chi connectivity index (χ2v) is 5.74. The van der Waals surface area contributed by atoms with Gasteiger partial charge in [-0.15, -0.1) is 0 Å². The van der Waals surface area contributed by atoms with Gasteiger partial charge in [-0.05, 0) is 49.8 Å². The molecule has 5 heteroatoms. The zero-order chi connectivity index (χ0) is 15.3. The molecule has 0 spiro atoms. The summed E-state index contributed by atoms with van der Waals surface area (Å²) in [6.45, 7) is 0.295. The van der Waals surface area contributed by atoms with Crippen molar-refractivity contribution in [3.8, 4) is 5.75 Å². The largest absolute Gasteiger partial charge is 0.491 e. The number of benzene rings is 1. The zero-order valence-electron chi connectivity index (χ0n) is 12.0. The van der Waals surface area contributed by atoms with Crippen molar-refractivity contribution in [3.05, 3.63) is 29.8 Å². The molecule has 0 bridgehead atoms. The van der Waals surface area contributed by atoms with Gasteiger partial charge in [0.25, 0.3) is 0 Å². The maximum atomic E-state index is 10.9. The van der Waals surface area contributed by atoms with Crippen molar-refractivity contribution in [2.45, 2.75) is 37.7 Å². The lowest BCUT2D eigenvalue weighted by Crippen LogP contribution is -2.41. The quantitative estimate of drug-likeness (QED) is 0.742. The number of carboxylic acids is 1. The Morgan fingerprint density at radius 2 is 1.86 bits per heavy atom. The fraction of sp³-hybridized carbons (Fsp3) is 0.562. The summed E-state index contributed by atoms with van der Waals surface area (Å²) in [5.41, 5.74) is 0.0981. The molecule has 1 aliphatic rings. The number of hydrogen-bond donors (Lipinski definition) is 3. The van der Waals surface area contributed by atoms with Crippen molar-refractivity contribution in [2.24, 2.45) is 5.92 Å². The Hall–Kier alpha value is -1.59. The number of rotatable bonds is 6. The summed E-state index contributed by atoms with van der Waals surface area (Å²) in [6.07, 6.45) is 2.50. The Labute approximate surface area is 124 Å². The number of ether oxygens (including phenoxy) is 1. The molecule has 2 rings (SSSR count). The van der Waals surface area contributed by atoms with E-state index in [4.69, 9.17) is 14.9 Å². The Bertz CT molecular complexity index is 460. The van der Waals surface area contributed by atoms with E-state index in [9.17, 15) is 9.90 Å². The SMILES string of the molecule is O=C(O)C1CCC(O)(COc2ccc(CCO)cc2)CC1. The van der Waals surface area contributed by atoms with Gasteiger partial charge in [0.1, 0.15) is 12.4 Å². The smallest absolute Gasteiger partial charge is 0.306 e. The Kier molecular flexibility index (Phi) is 5.20. The first-order valence-electron chi connectivity index (χ1n) is 7.30. The van der Waals surface area contributed by atoms with Crippen LogP contribution in [-0.4, -0.2) is 40.1 Å². The Morgan fingerprint density at radius 3 is 2.38 bits per heavy atom. The van der Waals surface area contributed by atoms with Gasteiger partial charge in [0.05, 0.1) is 11.5 Å². The van der Waals surface area contributed by atoms with Crippen LogP contribution in [0.25, 0.3) is 0 Å². The number of aliphatic carboxylic acids is 1. The third kappa shape index (κ3) is 4.44. The van der Waals surface area contributed by atoms with Gasteiger partial charge in [0.15, 0.2) is 0 Å². The van der Waals surface area contributed by atoms with Crippen LogP contribution < -0.4 is 4.74 Å². The number of hydrogen-bond acceptors (Lipinski definition) is 4. The van der Waals surface area contributed by atoms with Crippen LogP contribution in [0.1, 0.15) is 31.2 Å². The van der Waals surface area contributed by atoms with Crippen molar-refractivity contribution in [1.29, 1.82) is 0 Å². The van der Waals surface area contributed by atoms with E-state index in [0.717, 1.165) is 5.56 Å². The highest BCUT2D eigenvalue weighted by Gasteiger charge is 2.36. The van der Waals surface area contributed by atoms with Gasteiger partial charge in [-0.1, -0.05) is 12.1 Å². The van der Waals surface area contributed by atoms with Gasteiger partial charge in [0.2, 0.25) is 0 Å². The summed E-state index contributed by atoms with van der Waals surface area (Å²) in [4.78, 5) is 10.9. The number of aliphatic hydroxyl groups is 2. The molecule has 0 amide bonds. The highest BCUT2D eigenvalue weighted by molar-refractivity contribution is 5.70. The van der Waals surface area contributed by atoms with Gasteiger partial charge in [0, 0.05) is 6.61 Å². The molecule has 3 N–H and O–H groups in total. The van der Waals surface area contributed by atoms with E-state index >= 15 is 0 Å². The van der Waals surface area contributed by atoms with E-state index < -0.39 is 11.6 Å². The minimum Gasteiger partial charge on any atom is -0.491 e. The van der Waals surface area contributed by atoms with Gasteiger partial charge in [-0.25, -0.2) is 0 Å². The van der Waals surface area contributed by atoms with Crippen LogP contribution in [0.15, 0.2) is 24.3 Å². The fourth-order valence-corrected chi connectivity index (χ4v) is 2.65. The van der Waals surface area contributed by atoms with Crippen molar-refractivity contribution in [1.82, 2.24) is 0 Å². The van der Waals surface area contributed by atoms with E-state index in [1.54, 1.807) is 0 Å². The van der Waals surface area contributed by atoms with E-state index in [2.05, 4.69) is 0 Å². The number of carbonyl (C=O) groups is 1. The summed E-state index contributed by atoms with van der Waals surface area (Å²) >= 11 is 0. The molecule has 5 nitrogen and oxygen atoms in total. The van der Waals surface area contributed by atoms with Crippen LogP contribution in [0, 0.1) is 5.92 Å².